The van der Waals surface area contributed by atoms with Gasteiger partial charge >= 0.3 is 0 Å². The summed E-state index contributed by atoms with van der Waals surface area (Å²) in [5.74, 6) is 0. The average molecular weight is 376 g/mol. The monoisotopic (exact) mass is 374 g/mol. The minimum absolute atomic E-state index is 0.636. The molecule has 0 aliphatic rings. The number of hydrogen-bond donors (Lipinski definition) is 0. The van der Waals surface area contributed by atoms with Crippen molar-refractivity contribution < 1.29 is 0 Å². The second-order valence-electron chi connectivity index (χ2n) is 5.12. The van der Waals surface area contributed by atoms with Gasteiger partial charge in [0.1, 0.15) is 0 Å². The Morgan fingerprint density at radius 1 is 0.636 bits per heavy atom. The van der Waals surface area contributed by atoms with Crippen molar-refractivity contribution in [1.29, 1.82) is 0 Å². The van der Waals surface area contributed by atoms with Crippen LogP contribution in [0.15, 0.2) is 58.8 Å². The summed E-state index contributed by atoms with van der Waals surface area (Å²) in [6, 6.07) is 14.3. The van der Waals surface area contributed by atoms with Crippen LogP contribution in [0.3, 0.4) is 0 Å². The van der Waals surface area contributed by atoms with Crippen LogP contribution in [0.1, 0.15) is 25.0 Å². The van der Waals surface area contributed by atoms with E-state index in [4.69, 9.17) is 46.4 Å². The molecule has 0 N–H and O–H groups in total. The van der Waals surface area contributed by atoms with Crippen LogP contribution >= 0.6 is 46.4 Å². The Hall–Kier alpha value is -0.800. The van der Waals surface area contributed by atoms with Gasteiger partial charge in [-0.2, -0.15) is 10.2 Å². The van der Waals surface area contributed by atoms with E-state index in [1.807, 2.05) is 24.3 Å². The fourth-order valence-electron chi connectivity index (χ4n) is 1.81. The van der Waals surface area contributed by atoms with Crippen LogP contribution in [-0.2, 0) is 10.00 Å². The van der Waals surface area contributed by atoms with E-state index in [0.29, 0.717) is 10.0 Å². The Morgan fingerprint density at radius 3 is 1.18 bits per heavy atom. The lowest BCUT2D eigenvalue weighted by Crippen LogP contribution is -2.14. The minimum atomic E-state index is -1.02. The molecule has 6 heteroatoms. The maximum absolute atomic E-state index is 6.45. The zero-order valence-electron chi connectivity index (χ0n) is 12.0. The summed E-state index contributed by atoms with van der Waals surface area (Å²) in [4.78, 5) is -2.04. The van der Waals surface area contributed by atoms with E-state index in [2.05, 4.69) is 10.2 Å². The quantitative estimate of drug-likeness (QED) is 0.313. The van der Waals surface area contributed by atoms with Crippen molar-refractivity contribution in [2.24, 2.45) is 10.2 Å². The molecule has 0 radical (unpaired) electrons. The number of hydrogen-bond acceptors (Lipinski definition) is 2. The van der Waals surface area contributed by atoms with E-state index in [1.165, 1.54) is 0 Å². The van der Waals surface area contributed by atoms with E-state index < -0.39 is 10.00 Å². The molecule has 0 heterocycles. The van der Waals surface area contributed by atoms with E-state index in [0.717, 1.165) is 11.1 Å². The third-order valence-electron chi connectivity index (χ3n) is 3.17. The first-order valence-corrected chi connectivity index (χ1v) is 8.06. The molecule has 2 nitrogen and oxygen atoms in total. The van der Waals surface area contributed by atoms with Crippen molar-refractivity contribution in [2.45, 2.75) is 23.8 Å². The summed E-state index contributed by atoms with van der Waals surface area (Å²) in [5.41, 5.74) is 1.57. The normalized spacial score (nSPS) is 17.2. The number of rotatable bonds is 4. The van der Waals surface area contributed by atoms with Crippen LogP contribution in [-0.4, -0.2) is 0 Å². The Balaban J connectivity index is 2.25. The minimum Gasteiger partial charge on any atom is -0.164 e. The number of benzene rings is 2. The van der Waals surface area contributed by atoms with Crippen molar-refractivity contribution in [2.75, 3.05) is 0 Å². The SMILES string of the molecule is CC(Cl)(/N=N/C(C)(Cl)c1ccc(Cl)cc1)c1ccc(Cl)cc1. The summed E-state index contributed by atoms with van der Waals surface area (Å²) in [6.45, 7) is 3.49. The lowest BCUT2D eigenvalue weighted by molar-refractivity contribution is 0.578. The van der Waals surface area contributed by atoms with Gasteiger partial charge in [0.2, 0.25) is 0 Å². The molecule has 0 aromatic heterocycles. The van der Waals surface area contributed by atoms with Gasteiger partial charge in [-0.3, -0.25) is 0 Å². The largest absolute Gasteiger partial charge is 0.176 e. The van der Waals surface area contributed by atoms with E-state index in [-0.39, 0.29) is 0 Å². The Labute approximate surface area is 150 Å². The summed E-state index contributed by atoms with van der Waals surface area (Å²) >= 11 is 24.6. The van der Waals surface area contributed by atoms with Gasteiger partial charge in [-0.05, 0) is 49.2 Å². The highest BCUT2D eigenvalue weighted by Gasteiger charge is 2.27. The zero-order valence-corrected chi connectivity index (χ0v) is 15.0. The zero-order chi connectivity index (χ0) is 16.4. The molecule has 0 aliphatic heterocycles. The Morgan fingerprint density at radius 2 is 0.909 bits per heavy atom. The molecular weight excluding hydrogens is 362 g/mol. The highest BCUT2D eigenvalue weighted by molar-refractivity contribution is 6.31. The fraction of sp³-hybridized carbons (Fsp3) is 0.250. The number of alkyl halides is 2. The van der Waals surface area contributed by atoms with Crippen LogP contribution in [0.25, 0.3) is 0 Å². The van der Waals surface area contributed by atoms with Gasteiger partial charge in [0.05, 0.1) is 0 Å². The molecule has 2 rings (SSSR count). The van der Waals surface area contributed by atoms with Gasteiger partial charge in [0.15, 0.2) is 10.00 Å². The first kappa shape index (κ1) is 17.6. The molecule has 22 heavy (non-hydrogen) atoms. The summed E-state index contributed by atoms with van der Waals surface area (Å²) in [6.07, 6.45) is 0. The van der Waals surface area contributed by atoms with Crippen molar-refractivity contribution in [3.05, 3.63) is 69.7 Å². The molecule has 0 bridgehead atoms. The van der Waals surface area contributed by atoms with Crippen LogP contribution < -0.4 is 0 Å². The number of nitrogens with zero attached hydrogens (tertiary/aromatic N) is 2. The molecule has 0 saturated heterocycles. The summed E-state index contributed by atoms with van der Waals surface area (Å²) < 4.78 is 0. The molecule has 2 aromatic carbocycles. The van der Waals surface area contributed by atoms with Crippen molar-refractivity contribution >= 4 is 46.4 Å². The van der Waals surface area contributed by atoms with Gasteiger partial charge in [0.25, 0.3) is 0 Å². The molecule has 0 aliphatic carbocycles. The lowest BCUT2D eigenvalue weighted by Gasteiger charge is -2.21. The number of halogens is 4. The maximum atomic E-state index is 6.45. The lowest BCUT2D eigenvalue weighted by atomic mass is 10.1. The third kappa shape index (κ3) is 4.36. The Kier molecular flexibility index (Phi) is 5.39. The molecule has 0 amide bonds. The Bertz CT molecular complexity index is 602. The average Bonchev–Trinajstić information content (AvgIpc) is 2.46. The first-order chi connectivity index (χ1) is 10.2. The van der Waals surface area contributed by atoms with Crippen LogP contribution in [0, 0.1) is 0 Å². The van der Waals surface area contributed by atoms with Crippen molar-refractivity contribution in [3.8, 4) is 0 Å². The molecular formula is C16H14Cl4N2. The highest BCUT2D eigenvalue weighted by atomic mass is 35.5. The van der Waals surface area contributed by atoms with Gasteiger partial charge in [-0.1, -0.05) is 70.7 Å². The van der Waals surface area contributed by atoms with Crippen molar-refractivity contribution in [3.63, 3.8) is 0 Å². The fourth-order valence-corrected chi connectivity index (χ4v) is 2.39. The topological polar surface area (TPSA) is 24.7 Å². The second kappa shape index (κ2) is 6.76. The van der Waals surface area contributed by atoms with Crippen molar-refractivity contribution in [1.82, 2.24) is 0 Å². The van der Waals surface area contributed by atoms with Crippen LogP contribution in [0.5, 0.6) is 0 Å². The van der Waals surface area contributed by atoms with E-state index >= 15 is 0 Å². The maximum Gasteiger partial charge on any atom is 0.176 e. The smallest absolute Gasteiger partial charge is 0.164 e. The van der Waals surface area contributed by atoms with E-state index in [1.54, 1.807) is 38.1 Å². The standard InChI is InChI=1S/C16H14Cl4N2/c1-15(19,11-3-7-13(17)8-4-11)21-22-16(2,20)12-5-9-14(18)10-6-12/h3-10H,1-2H3/b22-21+. The first-order valence-electron chi connectivity index (χ1n) is 6.55. The third-order valence-corrected chi connectivity index (χ3v) is 4.26. The molecule has 0 fully saturated rings. The van der Waals surface area contributed by atoms with Gasteiger partial charge in [0, 0.05) is 10.0 Å². The van der Waals surface area contributed by atoms with Crippen LogP contribution in [0.4, 0.5) is 0 Å². The molecule has 2 aromatic rings. The van der Waals surface area contributed by atoms with Gasteiger partial charge in [-0.15, -0.1) is 0 Å². The number of azo groups is 1. The molecule has 0 spiro atoms. The summed E-state index contributed by atoms with van der Waals surface area (Å²) in [5, 5.41) is 9.69. The second-order valence-corrected chi connectivity index (χ2v) is 7.47. The van der Waals surface area contributed by atoms with E-state index in [9.17, 15) is 0 Å². The highest BCUT2D eigenvalue weighted by Crippen LogP contribution is 2.36. The summed E-state index contributed by atoms with van der Waals surface area (Å²) in [7, 11) is 0. The molecule has 0 saturated carbocycles. The van der Waals surface area contributed by atoms with Gasteiger partial charge in [-0.25, -0.2) is 0 Å². The predicted molar refractivity (Wildman–Crippen MR) is 94.2 cm³/mol. The van der Waals surface area contributed by atoms with Gasteiger partial charge < -0.3 is 0 Å². The van der Waals surface area contributed by atoms with Crippen LogP contribution in [0.2, 0.25) is 10.0 Å². The predicted octanol–water partition coefficient (Wildman–Crippen LogP) is 6.97. The molecule has 2 atom stereocenters. The molecule has 2 unspecified atom stereocenters. The molecule has 116 valence electrons.